The third kappa shape index (κ3) is 1.80. The van der Waals surface area contributed by atoms with Crippen LogP contribution in [0.2, 0.25) is 5.02 Å². The Bertz CT molecular complexity index is 716. The molecule has 0 unspecified atom stereocenters. The summed E-state index contributed by atoms with van der Waals surface area (Å²) in [5.41, 5.74) is 8.26. The first-order valence-corrected chi connectivity index (χ1v) is 6.69. The molecular weight excluding hydrogens is 268 g/mol. The van der Waals surface area contributed by atoms with E-state index >= 15 is 0 Å². The van der Waals surface area contributed by atoms with Crippen molar-refractivity contribution >= 4 is 34.0 Å². The molecule has 0 aliphatic carbocycles. The van der Waals surface area contributed by atoms with E-state index in [9.17, 15) is 0 Å². The molecular formula is C12H11ClN4S. The maximum Gasteiger partial charge on any atom is 0.150 e. The highest BCUT2D eigenvalue weighted by molar-refractivity contribution is 7.15. The van der Waals surface area contributed by atoms with Crippen LogP contribution in [-0.4, -0.2) is 15.0 Å². The summed E-state index contributed by atoms with van der Waals surface area (Å²) in [7, 11) is 0. The minimum absolute atomic E-state index is 0.451. The molecule has 92 valence electrons. The molecule has 0 fully saturated rings. The van der Waals surface area contributed by atoms with Gasteiger partial charge in [0, 0.05) is 6.54 Å². The summed E-state index contributed by atoms with van der Waals surface area (Å²) in [6.45, 7) is 2.41. The van der Waals surface area contributed by atoms with Gasteiger partial charge < -0.3 is 10.7 Å². The van der Waals surface area contributed by atoms with Crippen molar-refractivity contribution < 1.29 is 0 Å². The van der Waals surface area contributed by atoms with Crippen LogP contribution in [0.25, 0.3) is 21.7 Å². The molecule has 4 nitrogen and oxygen atoms in total. The van der Waals surface area contributed by atoms with Gasteiger partial charge in [0.1, 0.15) is 10.5 Å². The molecule has 3 aromatic rings. The number of hydrogen-bond donors (Lipinski definition) is 2. The highest BCUT2D eigenvalue weighted by atomic mass is 35.5. The number of halogens is 1. The lowest BCUT2D eigenvalue weighted by Gasteiger charge is -1.90. The van der Waals surface area contributed by atoms with E-state index in [1.54, 1.807) is 11.3 Å². The van der Waals surface area contributed by atoms with Crippen molar-refractivity contribution in [2.45, 2.75) is 13.5 Å². The molecule has 1 aromatic carbocycles. The first kappa shape index (κ1) is 11.6. The van der Waals surface area contributed by atoms with Crippen molar-refractivity contribution in [3.63, 3.8) is 0 Å². The van der Waals surface area contributed by atoms with E-state index in [1.165, 1.54) is 0 Å². The molecule has 18 heavy (non-hydrogen) atoms. The Morgan fingerprint density at radius 1 is 1.39 bits per heavy atom. The van der Waals surface area contributed by atoms with Gasteiger partial charge in [-0.1, -0.05) is 17.7 Å². The predicted octanol–water partition coefficient (Wildman–Crippen LogP) is 3.11. The summed E-state index contributed by atoms with van der Waals surface area (Å²) in [5.74, 6) is 0.799. The van der Waals surface area contributed by atoms with Gasteiger partial charge in [-0.2, -0.15) is 0 Å². The van der Waals surface area contributed by atoms with Gasteiger partial charge in [0.15, 0.2) is 5.82 Å². The number of para-hydroxylation sites is 1. The molecule has 0 amide bonds. The fourth-order valence-corrected chi connectivity index (χ4v) is 2.97. The van der Waals surface area contributed by atoms with Crippen LogP contribution in [0.5, 0.6) is 0 Å². The lowest BCUT2D eigenvalue weighted by molar-refractivity contribution is 1.02. The van der Waals surface area contributed by atoms with Gasteiger partial charge in [-0.25, -0.2) is 9.97 Å². The SMILES string of the molecule is Cc1nc(CN)sc1-c1nc2c(Cl)cccc2[nH]1. The van der Waals surface area contributed by atoms with Crippen LogP contribution in [0, 0.1) is 6.92 Å². The highest BCUT2D eigenvalue weighted by Crippen LogP contribution is 2.31. The number of hydrogen-bond acceptors (Lipinski definition) is 4. The number of nitrogens with two attached hydrogens (primary N) is 1. The number of benzene rings is 1. The smallest absolute Gasteiger partial charge is 0.150 e. The summed E-state index contributed by atoms with van der Waals surface area (Å²) >= 11 is 7.68. The number of nitrogens with zero attached hydrogens (tertiary/aromatic N) is 2. The van der Waals surface area contributed by atoms with Crippen molar-refractivity contribution in [2.75, 3.05) is 0 Å². The molecule has 6 heteroatoms. The molecule has 2 aromatic heterocycles. The third-order valence-corrected chi connectivity index (χ3v) is 4.19. The van der Waals surface area contributed by atoms with Crippen LogP contribution < -0.4 is 5.73 Å². The quantitative estimate of drug-likeness (QED) is 0.757. The van der Waals surface area contributed by atoms with Crippen molar-refractivity contribution in [3.8, 4) is 10.7 Å². The zero-order valence-corrected chi connectivity index (χ0v) is 11.3. The maximum atomic E-state index is 6.12. The zero-order valence-electron chi connectivity index (χ0n) is 9.70. The number of H-pyrrole nitrogens is 1. The van der Waals surface area contributed by atoms with Crippen LogP contribution in [0.3, 0.4) is 0 Å². The van der Waals surface area contributed by atoms with Crippen molar-refractivity contribution in [3.05, 3.63) is 33.9 Å². The van der Waals surface area contributed by atoms with Crippen LogP contribution in [0.4, 0.5) is 0 Å². The number of rotatable bonds is 2. The number of aromatic amines is 1. The largest absolute Gasteiger partial charge is 0.337 e. The molecule has 0 saturated heterocycles. The Labute approximate surface area is 113 Å². The summed E-state index contributed by atoms with van der Waals surface area (Å²) < 4.78 is 0. The van der Waals surface area contributed by atoms with Gasteiger partial charge in [0.2, 0.25) is 0 Å². The highest BCUT2D eigenvalue weighted by Gasteiger charge is 2.13. The van der Waals surface area contributed by atoms with E-state index in [4.69, 9.17) is 17.3 Å². The molecule has 0 aliphatic heterocycles. The summed E-state index contributed by atoms with van der Waals surface area (Å²) in [4.78, 5) is 13.2. The van der Waals surface area contributed by atoms with Crippen molar-refractivity contribution in [2.24, 2.45) is 5.73 Å². The Hall–Kier alpha value is -1.43. The Morgan fingerprint density at radius 3 is 2.89 bits per heavy atom. The molecule has 0 aliphatic rings. The molecule has 0 atom stereocenters. The second-order valence-corrected chi connectivity index (χ2v) is 5.44. The number of aromatic nitrogens is 3. The number of fused-ring (bicyclic) bond motifs is 1. The first-order chi connectivity index (χ1) is 8.69. The van der Waals surface area contributed by atoms with E-state index in [0.29, 0.717) is 11.6 Å². The van der Waals surface area contributed by atoms with Gasteiger partial charge in [-0.3, -0.25) is 0 Å². The average molecular weight is 279 g/mol. The Balaban J connectivity index is 2.19. The molecule has 3 rings (SSSR count). The van der Waals surface area contributed by atoms with Gasteiger partial charge in [0.25, 0.3) is 0 Å². The zero-order chi connectivity index (χ0) is 12.7. The summed E-state index contributed by atoms with van der Waals surface area (Å²) in [5, 5.41) is 1.56. The Kier molecular flexibility index (Phi) is 2.81. The van der Waals surface area contributed by atoms with Gasteiger partial charge in [0.05, 0.1) is 21.1 Å². The molecule has 0 radical (unpaired) electrons. The second-order valence-electron chi connectivity index (χ2n) is 3.95. The lowest BCUT2D eigenvalue weighted by Crippen LogP contribution is -1.94. The minimum atomic E-state index is 0.451. The van der Waals surface area contributed by atoms with E-state index in [1.807, 2.05) is 25.1 Å². The topological polar surface area (TPSA) is 67.6 Å². The van der Waals surface area contributed by atoms with Crippen LogP contribution in [-0.2, 0) is 6.54 Å². The lowest BCUT2D eigenvalue weighted by atomic mass is 10.3. The fourth-order valence-electron chi connectivity index (χ4n) is 1.86. The van der Waals surface area contributed by atoms with E-state index in [-0.39, 0.29) is 0 Å². The number of thiazole rings is 1. The van der Waals surface area contributed by atoms with E-state index < -0.39 is 0 Å². The van der Waals surface area contributed by atoms with Gasteiger partial charge >= 0.3 is 0 Å². The van der Waals surface area contributed by atoms with E-state index in [0.717, 1.165) is 32.4 Å². The van der Waals surface area contributed by atoms with Crippen molar-refractivity contribution in [1.82, 2.24) is 15.0 Å². The standard InChI is InChI=1S/C12H11ClN4S/c1-6-11(18-9(5-14)15-6)12-16-8-4-2-3-7(13)10(8)17-12/h2-4H,5,14H2,1H3,(H,16,17). The molecule has 0 bridgehead atoms. The molecule has 0 saturated carbocycles. The number of aryl methyl sites for hydroxylation is 1. The number of nitrogens with one attached hydrogen (secondary N) is 1. The van der Waals surface area contributed by atoms with Crippen LogP contribution in [0.15, 0.2) is 18.2 Å². The fraction of sp³-hybridized carbons (Fsp3) is 0.167. The van der Waals surface area contributed by atoms with Crippen molar-refractivity contribution in [1.29, 1.82) is 0 Å². The molecule has 2 heterocycles. The predicted molar refractivity (Wildman–Crippen MR) is 74.8 cm³/mol. The average Bonchev–Trinajstić information content (AvgIpc) is 2.93. The van der Waals surface area contributed by atoms with Gasteiger partial charge in [-0.15, -0.1) is 11.3 Å². The molecule has 3 N–H and O–H groups in total. The van der Waals surface area contributed by atoms with Crippen LogP contribution in [0.1, 0.15) is 10.7 Å². The minimum Gasteiger partial charge on any atom is -0.337 e. The monoisotopic (exact) mass is 278 g/mol. The van der Waals surface area contributed by atoms with Crippen LogP contribution >= 0.6 is 22.9 Å². The normalized spacial score (nSPS) is 11.3. The van der Waals surface area contributed by atoms with E-state index in [2.05, 4.69) is 15.0 Å². The first-order valence-electron chi connectivity index (χ1n) is 5.50. The summed E-state index contributed by atoms with van der Waals surface area (Å²) in [6.07, 6.45) is 0. The Morgan fingerprint density at radius 2 is 2.22 bits per heavy atom. The third-order valence-electron chi connectivity index (χ3n) is 2.69. The maximum absolute atomic E-state index is 6.12. The summed E-state index contributed by atoms with van der Waals surface area (Å²) in [6, 6.07) is 5.69. The van der Waals surface area contributed by atoms with Gasteiger partial charge in [-0.05, 0) is 19.1 Å². The molecule has 0 spiro atoms. The second kappa shape index (κ2) is 4.35. The number of imidazole rings is 1.